The zero-order chi connectivity index (χ0) is 14.4. The zero-order valence-corrected chi connectivity index (χ0v) is 17.7. The van der Waals surface area contributed by atoms with E-state index < -0.39 is 8.41 Å². The Hall–Kier alpha value is -0.699. The van der Waals surface area contributed by atoms with Crippen molar-refractivity contribution in [1.29, 1.82) is 0 Å². The van der Waals surface area contributed by atoms with Crippen molar-refractivity contribution in [3.05, 3.63) is 86.2 Å². The maximum absolute atomic E-state index is 3.67. The summed E-state index contributed by atoms with van der Waals surface area (Å²) in [7, 11) is -0.494. The number of rotatable bonds is 1. The van der Waals surface area contributed by atoms with Gasteiger partial charge < -0.3 is 24.8 Å². The van der Waals surface area contributed by atoms with Gasteiger partial charge in [-0.25, -0.2) is 0 Å². The minimum Gasteiger partial charge on any atom is -1.00 e. The van der Waals surface area contributed by atoms with Gasteiger partial charge in [0, 0.05) is 8.41 Å². The van der Waals surface area contributed by atoms with Crippen LogP contribution in [0.4, 0.5) is 0 Å². The van der Waals surface area contributed by atoms with Crippen LogP contribution >= 0.6 is 0 Å². The fraction of sp³-hybridized carbons (Fsp3) is 0.150. The Morgan fingerprint density at radius 3 is 2.38 bits per heavy atom. The Morgan fingerprint density at radius 1 is 0.958 bits per heavy atom. The van der Waals surface area contributed by atoms with Gasteiger partial charge >= 0.3 is 21.7 Å². The molecule has 4 rings (SSSR count). The quantitative estimate of drug-likeness (QED) is 0.323. The molecular weight excluding hydrogens is 387 g/mol. The first-order valence-corrected chi connectivity index (χ1v) is 9.96. The molecule has 0 aliphatic heterocycles. The normalized spacial score (nSPS) is 12.7. The average Bonchev–Trinajstić information content (AvgIpc) is 3.13. The molecule has 0 N–H and O–H groups in total. The van der Waals surface area contributed by atoms with E-state index in [4.69, 9.17) is 0 Å². The van der Waals surface area contributed by atoms with Crippen LogP contribution in [0.3, 0.4) is 0 Å². The predicted molar refractivity (Wildman–Crippen MR) is 90.7 cm³/mol. The second kappa shape index (κ2) is 8.60. The molecule has 2 aliphatic carbocycles. The Bertz CT molecular complexity index is 1030. The van der Waals surface area contributed by atoms with Crippen molar-refractivity contribution in [2.24, 2.45) is 0 Å². The smallest absolute Gasteiger partial charge is 1.00 e. The minimum atomic E-state index is -0.494. The van der Waals surface area contributed by atoms with E-state index in [0.29, 0.717) is 0 Å². The second-order valence-corrected chi connectivity index (χ2v) is 8.44. The van der Waals surface area contributed by atoms with Gasteiger partial charge in [-0.2, -0.15) is 0 Å². The summed E-state index contributed by atoms with van der Waals surface area (Å²) in [5.41, 5.74) is 4.22. The van der Waals surface area contributed by atoms with Crippen LogP contribution in [-0.4, -0.2) is 8.41 Å². The standard InChI is InChI=1S/C20H17Si.2ClH.Ti/c1-21(2)19-12-11-17-16-10-6-5-9-15(16)13-18(17)20(19)14-7-3-4-8-14;;;/h3-7,9-12H,8H2,1-2H3;2*1H;/q-1;;;+3/p-2. The number of halogens is 2. The van der Waals surface area contributed by atoms with Crippen LogP contribution in [0.5, 0.6) is 0 Å². The van der Waals surface area contributed by atoms with Crippen molar-refractivity contribution in [2.45, 2.75) is 19.5 Å². The molecule has 0 fully saturated rings. The first kappa shape index (κ1) is 21.3. The Morgan fingerprint density at radius 2 is 1.71 bits per heavy atom. The number of benzene rings is 2. The summed E-state index contributed by atoms with van der Waals surface area (Å²) >= 11 is 0. The summed E-state index contributed by atoms with van der Waals surface area (Å²) in [5, 5.41) is 3.91. The monoisotopic (exact) mass is 403 g/mol. The van der Waals surface area contributed by atoms with Crippen molar-refractivity contribution in [3.8, 4) is 0 Å². The third kappa shape index (κ3) is 3.47. The van der Waals surface area contributed by atoms with Crippen molar-refractivity contribution >= 4 is 20.1 Å². The Kier molecular flexibility index (Phi) is 7.65. The summed E-state index contributed by atoms with van der Waals surface area (Å²) in [4.78, 5) is 1.54. The van der Waals surface area contributed by atoms with Gasteiger partial charge in [0.25, 0.3) is 0 Å². The van der Waals surface area contributed by atoms with E-state index >= 15 is 0 Å². The van der Waals surface area contributed by atoms with E-state index in [9.17, 15) is 0 Å². The molecule has 0 heterocycles. The van der Waals surface area contributed by atoms with Gasteiger partial charge in [-0.1, -0.05) is 77.6 Å². The molecule has 0 aromatic heterocycles. The van der Waals surface area contributed by atoms with Gasteiger partial charge in [0.05, 0.1) is 0 Å². The summed E-state index contributed by atoms with van der Waals surface area (Å²) < 4.78 is 0. The zero-order valence-electron chi connectivity index (χ0n) is 13.7. The second-order valence-electron chi connectivity index (χ2n) is 5.91. The van der Waals surface area contributed by atoms with Gasteiger partial charge in [0.1, 0.15) is 0 Å². The largest absolute Gasteiger partial charge is 3.00 e. The summed E-state index contributed by atoms with van der Waals surface area (Å²) in [6, 6.07) is 13.3. The van der Waals surface area contributed by atoms with Crippen LogP contribution in [0.15, 0.2) is 54.6 Å². The maximum atomic E-state index is 3.67. The molecule has 0 spiro atoms. The molecule has 4 heteroatoms. The number of hydrogen-bond donors (Lipinski definition) is 0. The SMILES string of the molecule is C[Si](C)=c1ccc2c(c1C1=CC=CC1)[C-]=c1ccccc1=2.[Cl-].[Cl-].[Ti+3]. The molecule has 0 amide bonds. The van der Waals surface area contributed by atoms with Crippen LogP contribution in [0.1, 0.15) is 17.5 Å². The predicted octanol–water partition coefficient (Wildman–Crippen LogP) is -2.07. The molecule has 0 saturated carbocycles. The van der Waals surface area contributed by atoms with Crippen LogP contribution in [0.25, 0.3) is 11.6 Å². The molecule has 1 radical (unpaired) electrons. The molecule has 0 nitrogen and oxygen atoms in total. The average molecular weight is 404 g/mol. The van der Waals surface area contributed by atoms with E-state index in [2.05, 4.69) is 73.8 Å². The molecule has 119 valence electrons. The maximum Gasteiger partial charge on any atom is 3.00 e. The van der Waals surface area contributed by atoms with Crippen molar-refractivity contribution in [2.75, 3.05) is 0 Å². The van der Waals surface area contributed by atoms with Crippen molar-refractivity contribution < 1.29 is 46.5 Å². The molecule has 24 heavy (non-hydrogen) atoms. The van der Waals surface area contributed by atoms with E-state index in [-0.39, 0.29) is 46.5 Å². The molecule has 0 saturated heterocycles. The first-order valence-electron chi connectivity index (χ1n) is 7.46. The molecule has 2 aliphatic rings. The van der Waals surface area contributed by atoms with E-state index in [1.807, 2.05) is 0 Å². The third-order valence-electron chi connectivity index (χ3n) is 4.31. The van der Waals surface area contributed by atoms with Gasteiger partial charge in [-0.3, -0.25) is 0 Å². The Labute approximate surface area is 171 Å². The fourth-order valence-electron chi connectivity index (χ4n) is 3.30. The summed E-state index contributed by atoms with van der Waals surface area (Å²) in [5.74, 6) is 0. The van der Waals surface area contributed by atoms with Gasteiger partial charge in [0.15, 0.2) is 0 Å². The fourth-order valence-corrected chi connectivity index (χ4v) is 4.50. The molecule has 2 aromatic carbocycles. The van der Waals surface area contributed by atoms with Crippen molar-refractivity contribution in [3.63, 3.8) is 0 Å². The summed E-state index contributed by atoms with van der Waals surface area (Å²) in [6.07, 6.45) is 11.4. The van der Waals surface area contributed by atoms with Gasteiger partial charge in [-0.15, -0.1) is 33.4 Å². The summed E-state index contributed by atoms with van der Waals surface area (Å²) in [6.45, 7) is 4.75. The topological polar surface area (TPSA) is 0 Å². The van der Waals surface area contributed by atoms with Gasteiger partial charge in [-0.05, 0) is 6.42 Å². The van der Waals surface area contributed by atoms with Crippen LogP contribution < -0.4 is 30.0 Å². The van der Waals surface area contributed by atoms with Gasteiger partial charge in [0.2, 0.25) is 0 Å². The number of allylic oxidation sites excluding steroid dienone is 4. The number of fused-ring (bicyclic) bond motifs is 2. The van der Waals surface area contributed by atoms with E-state index in [1.165, 1.54) is 37.2 Å². The van der Waals surface area contributed by atoms with Crippen LogP contribution in [0, 0.1) is 15.3 Å². The molecule has 0 bridgehead atoms. The Balaban J connectivity index is 0.000000960. The molecule has 0 unspecified atom stereocenters. The molecule has 2 aromatic rings. The van der Waals surface area contributed by atoms with Crippen LogP contribution in [-0.2, 0) is 21.7 Å². The molecule has 0 atom stereocenters. The van der Waals surface area contributed by atoms with Crippen molar-refractivity contribution in [1.82, 2.24) is 0 Å². The number of hydrogen-bond acceptors (Lipinski definition) is 0. The minimum absolute atomic E-state index is 0. The molecular formula is C20H17Cl2SiTi. The first-order chi connectivity index (χ1) is 10.3. The van der Waals surface area contributed by atoms with E-state index in [1.54, 1.807) is 0 Å². The van der Waals surface area contributed by atoms with Crippen LogP contribution in [0.2, 0.25) is 13.1 Å². The third-order valence-corrected chi connectivity index (χ3v) is 5.81. The van der Waals surface area contributed by atoms with E-state index in [0.717, 1.165) is 6.42 Å².